The second-order valence-corrected chi connectivity index (χ2v) is 27.3. The van der Waals surface area contributed by atoms with Crippen molar-refractivity contribution in [2.24, 2.45) is 0 Å². The smallest absolute Gasteiger partial charge is 0.573 e. The molecular weight excluding hydrogens is 1400 g/mol. The van der Waals surface area contributed by atoms with Crippen LogP contribution in [0.25, 0.3) is 45.0 Å². The van der Waals surface area contributed by atoms with Gasteiger partial charge in [-0.25, -0.2) is 0 Å². The Morgan fingerprint density at radius 2 is 0.787 bits per heavy atom. The van der Waals surface area contributed by atoms with E-state index in [1.165, 1.54) is 101 Å². The number of benzene rings is 5. The molecular formula is C66H51BClN8Pt2Si2. The molecule has 0 atom stereocenters. The van der Waals surface area contributed by atoms with Gasteiger partial charge in [0, 0.05) is 68.4 Å². The molecule has 0 saturated heterocycles. The van der Waals surface area contributed by atoms with Crippen molar-refractivity contribution in [1.82, 2.24) is 40.3 Å². The maximum atomic E-state index is 6.69. The van der Waals surface area contributed by atoms with E-state index in [0.717, 1.165) is 65.4 Å². The molecule has 393 valence electrons. The number of hydrogen-bond acceptors (Lipinski definition) is 6. The van der Waals surface area contributed by atoms with Crippen molar-refractivity contribution in [2.45, 2.75) is 51.4 Å². The van der Waals surface area contributed by atoms with E-state index in [-0.39, 0.29) is 29.5 Å². The fraction of sp³-hybridized carbons (Fsp3) is 0.121. The van der Waals surface area contributed by atoms with Crippen LogP contribution in [0.5, 0.6) is 0 Å². The number of aryl methyl sites for hydroxylation is 2. The van der Waals surface area contributed by atoms with Crippen LogP contribution in [0.1, 0.15) is 53.8 Å². The van der Waals surface area contributed by atoms with Gasteiger partial charge in [0.2, 0.25) is 0 Å². The number of rotatable bonds is 6. The van der Waals surface area contributed by atoms with Crippen molar-refractivity contribution >= 4 is 75.5 Å². The second kappa shape index (κ2) is 25.1. The van der Waals surface area contributed by atoms with E-state index in [1.807, 2.05) is 42.7 Å². The van der Waals surface area contributed by atoms with Crippen LogP contribution in [-0.4, -0.2) is 54.7 Å². The molecule has 8 heterocycles. The van der Waals surface area contributed by atoms with Crippen molar-refractivity contribution in [3.05, 3.63) is 248 Å². The van der Waals surface area contributed by atoms with Gasteiger partial charge in [0.1, 0.15) is 0 Å². The van der Waals surface area contributed by atoms with Crippen LogP contribution in [0.3, 0.4) is 0 Å². The van der Waals surface area contributed by atoms with Crippen molar-refractivity contribution in [1.29, 1.82) is 0 Å². The molecule has 0 bridgehead atoms. The largest absolute Gasteiger partial charge is 2.00 e. The fourth-order valence-corrected chi connectivity index (χ4v) is 22.5. The topological polar surface area (TPSA) is 106 Å². The van der Waals surface area contributed by atoms with Crippen LogP contribution >= 0.6 is 9.42 Å². The fourth-order valence-electron chi connectivity index (χ4n) is 12.5. The molecule has 15 rings (SSSR count). The summed E-state index contributed by atoms with van der Waals surface area (Å²) < 4.78 is 0. The third-order valence-corrected chi connectivity index (χ3v) is 25.5. The number of halogens is 1. The summed E-state index contributed by atoms with van der Waals surface area (Å²) in [4.78, 5) is 19.1. The minimum Gasteiger partial charge on any atom is -0.573 e. The molecule has 3 radical (unpaired) electrons. The van der Waals surface area contributed by atoms with E-state index in [2.05, 4.69) is 216 Å². The molecule has 14 heteroatoms. The molecule has 0 N–H and O–H groups in total. The molecule has 0 unspecified atom stereocenters. The molecule has 0 saturated carbocycles. The predicted octanol–water partition coefficient (Wildman–Crippen LogP) is 7.39. The zero-order chi connectivity index (χ0) is 52.9. The molecule has 11 aromatic rings. The Kier molecular flexibility index (Phi) is 17.6. The average Bonchev–Trinajstić information content (AvgIpc) is 4.42. The molecule has 4 aliphatic rings. The van der Waals surface area contributed by atoms with Crippen molar-refractivity contribution in [3.63, 3.8) is 0 Å². The van der Waals surface area contributed by atoms with Gasteiger partial charge in [-0.2, -0.15) is 0 Å². The molecule has 0 fully saturated rings. The van der Waals surface area contributed by atoms with E-state index in [1.54, 1.807) is 18.8 Å². The van der Waals surface area contributed by atoms with Crippen molar-refractivity contribution < 1.29 is 39.8 Å². The molecule has 0 spiro atoms. The zero-order valence-electron chi connectivity index (χ0n) is 43.5. The Hall–Kier alpha value is -7.15. The van der Waals surface area contributed by atoms with Crippen LogP contribution in [0.4, 0.5) is 0 Å². The summed E-state index contributed by atoms with van der Waals surface area (Å²) in [6.45, 7) is 0. The first-order chi connectivity index (χ1) is 38.7. The maximum Gasteiger partial charge on any atom is 2.00 e. The van der Waals surface area contributed by atoms with Gasteiger partial charge in [-0.1, -0.05) is 151 Å². The molecule has 5 aromatic carbocycles. The van der Waals surface area contributed by atoms with E-state index >= 15 is 0 Å². The normalized spacial score (nSPS) is 14.0. The Bertz CT molecular complexity index is 3610. The van der Waals surface area contributed by atoms with Gasteiger partial charge < -0.3 is 26.8 Å². The first-order valence-corrected chi connectivity index (χ1v) is 33.2. The Labute approximate surface area is 501 Å². The van der Waals surface area contributed by atoms with Gasteiger partial charge in [-0.15, -0.1) is 17.7 Å². The quantitative estimate of drug-likeness (QED) is 0.0966. The third-order valence-electron chi connectivity index (χ3n) is 15.9. The second-order valence-electron chi connectivity index (χ2n) is 19.9. The van der Waals surface area contributed by atoms with Crippen LogP contribution in [0.15, 0.2) is 213 Å². The maximum absolute atomic E-state index is 6.69. The molecule has 2 aliphatic heterocycles. The third kappa shape index (κ3) is 9.90. The monoisotopic (exact) mass is 1450 g/mol. The molecule has 8 nitrogen and oxygen atoms in total. The average molecular weight is 1450 g/mol. The molecule has 80 heavy (non-hydrogen) atoms. The van der Waals surface area contributed by atoms with E-state index in [4.69, 9.17) is 16.4 Å². The zero-order valence-corrected chi connectivity index (χ0v) is 50.8. The summed E-state index contributed by atoms with van der Waals surface area (Å²) in [5.41, 5.74) is 14.8. The number of pyridine rings is 4. The van der Waals surface area contributed by atoms with Gasteiger partial charge in [0.15, 0.2) is 16.1 Å². The van der Waals surface area contributed by atoms with Gasteiger partial charge in [-0.3, -0.25) is 25.9 Å². The molecule has 0 amide bonds. The number of hydrogen-bond donors (Lipinski definition) is 0. The van der Waals surface area contributed by atoms with Crippen molar-refractivity contribution in [2.75, 3.05) is 0 Å². The van der Waals surface area contributed by atoms with E-state index in [9.17, 15) is 0 Å². The van der Waals surface area contributed by atoms with Gasteiger partial charge in [0.25, 0.3) is 0 Å². The number of aromatic nitrogens is 8. The summed E-state index contributed by atoms with van der Waals surface area (Å²) in [6, 6.07) is 62.3. The Balaban J connectivity index is 0.000000151. The Morgan fingerprint density at radius 1 is 0.425 bits per heavy atom. The van der Waals surface area contributed by atoms with Gasteiger partial charge >= 0.3 is 49.3 Å². The van der Waals surface area contributed by atoms with E-state index in [0.29, 0.717) is 0 Å². The minimum atomic E-state index is -2.52. The summed E-state index contributed by atoms with van der Waals surface area (Å²) >= 11 is 1.61. The van der Waals surface area contributed by atoms with Crippen LogP contribution < -0.4 is 51.7 Å². The van der Waals surface area contributed by atoms with E-state index < -0.39 is 16.1 Å². The molecule has 2 aliphatic carbocycles. The Morgan fingerprint density at radius 3 is 1.12 bits per heavy atom. The summed E-state index contributed by atoms with van der Waals surface area (Å²) in [6.07, 6.45) is 27.7. The van der Waals surface area contributed by atoms with Crippen LogP contribution in [0, 0.1) is 12.3 Å². The number of nitrogens with zero attached hydrogens (tertiary/aromatic N) is 8. The first kappa shape index (κ1) is 56.1. The standard InChI is InChI=1S/2C29H23N4Si.C8H5.B.ClH.2Pt/c2*1-4-12-25-24(11-1)29(33-32-25)26-16-15-21(19-31-26)34(20-8-7-17-30-18-20)27-13-5-2-9-22(27)23-10-3-6-14-28(23)34;1-2-8-6-4-3-5-7-8;;;;/h2*2-3,5-10,13-19H,1,4,11-12H2;3-7H;;1H;;/q3*-1;;;2*+2/p-1. The summed E-state index contributed by atoms with van der Waals surface area (Å²) in [5.74, 6) is 2.28. The summed E-state index contributed by atoms with van der Waals surface area (Å²) in [7, 11) is -0.435. The van der Waals surface area contributed by atoms with Gasteiger partial charge in [-0.05, 0) is 151 Å². The van der Waals surface area contributed by atoms with Crippen LogP contribution in [-0.2, 0) is 65.5 Å². The molecule has 6 aromatic heterocycles. The van der Waals surface area contributed by atoms with Crippen LogP contribution in [0.2, 0.25) is 0 Å². The first-order valence-electron chi connectivity index (χ1n) is 26.4. The SMILES string of the molecule is [B].[C-]#Cc1ccccc1.[Cl][Pt+].[Pt+2].c1cncc([Si]2(c3ccc(-c4[n-]nc5c4CCCC5)nc3)c3ccccc3-c3ccccc32)c1.c1cncc([Si]2(c3ccc(-c4[n-]nc5c4CCCC5)nc3)c3ccccc3-c3ccccc32)c1. The predicted molar refractivity (Wildman–Crippen MR) is 320 cm³/mol. The van der Waals surface area contributed by atoms with Crippen molar-refractivity contribution in [3.8, 4) is 50.9 Å². The number of fused-ring (bicyclic) bond motifs is 8. The minimum absolute atomic E-state index is 0. The summed E-state index contributed by atoms with van der Waals surface area (Å²) in [5, 5.41) is 28.7. The van der Waals surface area contributed by atoms with Gasteiger partial charge in [0.05, 0.1) is 0 Å².